The van der Waals surface area contributed by atoms with E-state index in [4.69, 9.17) is 7.85 Å². The lowest BCUT2D eigenvalue weighted by Crippen LogP contribution is -2.11. The molecule has 0 aliphatic carbocycles. The van der Waals surface area contributed by atoms with Gasteiger partial charge in [-0.3, -0.25) is 4.79 Å². The van der Waals surface area contributed by atoms with E-state index in [-0.39, 0.29) is 12.3 Å². The zero-order chi connectivity index (χ0) is 11.0. The number of methoxy groups -OCH3 is 1. The molecule has 0 bridgehead atoms. The number of rotatable bonds is 1. The first-order chi connectivity index (χ1) is 7.11. The van der Waals surface area contributed by atoms with Crippen molar-refractivity contribution >= 4 is 30.9 Å². The molecule has 1 heterocycles. The van der Waals surface area contributed by atoms with Gasteiger partial charge in [0, 0.05) is 5.69 Å². The van der Waals surface area contributed by atoms with Gasteiger partial charge in [0.2, 0.25) is 5.91 Å². The summed E-state index contributed by atoms with van der Waals surface area (Å²) in [6.45, 7) is 0. The van der Waals surface area contributed by atoms with Crippen LogP contribution in [0.1, 0.15) is 15.9 Å². The number of ether oxygens (including phenoxy) is 1. The number of nitrogens with one attached hydrogen (secondary N) is 1. The first kappa shape index (κ1) is 9.77. The van der Waals surface area contributed by atoms with Crippen molar-refractivity contribution in [1.82, 2.24) is 0 Å². The van der Waals surface area contributed by atoms with E-state index < -0.39 is 5.97 Å². The molecule has 4 nitrogen and oxygen atoms in total. The predicted molar refractivity (Wildman–Crippen MR) is 55.5 cm³/mol. The average molecular weight is 201 g/mol. The molecule has 74 valence electrons. The normalized spacial score (nSPS) is 13.3. The van der Waals surface area contributed by atoms with E-state index in [2.05, 4.69) is 10.1 Å². The van der Waals surface area contributed by atoms with Gasteiger partial charge < -0.3 is 10.1 Å². The van der Waals surface area contributed by atoms with E-state index in [0.717, 1.165) is 0 Å². The summed E-state index contributed by atoms with van der Waals surface area (Å²) in [5, 5.41) is 2.63. The number of fused-ring (bicyclic) bond motifs is 1. The largest absolute Gasteiger partial charge is 0.465 e. The van der Waals surface area contributed by atoms with Crippen LogP contribution in [0.4, 0.5) is 5.69 Å². The summed E-state index contributed by atoms with van der Waals surface area (Å²) >= 11 is 0. The Hall–Kier alpha value is -1.78. The van der Waals surface area contributed by atoms with Gasteiger partial charge in [0.1, 0.15) is 7.85 Å². The van der Waals surface area contributed by atoms with Gasteiger partial charge >= 0.3 is 5.97 Å². The molecule has 2 rings (SSSR count). The second-order valence-corrected chi connectivity index (χ2v) is 3.31. The Labute approximate surface area is 88.0 Å². The molecular weight excluding hydrogens is 193 g/mol. The van der Waals surface area contributed by atoms with Gasteiger partial charge in [0.25, 0.3) is 0 Å². The zero-order valence-corrected chi connectivity index (χ0v) is 8.16. The number of esters is 1. The SMILES string of the molecule is [B]c1cc2c(c(C(=O)OC)c1)CC(=O)N2. The van der Waals surface area contributed by atoms with E-state index in [9.17, 15) is 9.59 Å². The molecule has 2 radical (unpaired) electrons. The standard InChI is InChI=1S/C10H8BNO3/c1-15-10(14)7-2-5(11)3-8-6(7)4-9(13)12-8/h2-3H,4H2,1H3,(H,12,13). The highest BCUT2D eigenvalue weighted by Gasteiger charge is 2.24. The highest BCUT2D eigenvalue weighted by atomic mass is 16.5. The summed E-state index contributed by atoms with van der Waals surface area (Å²) in [7, 11) is 6.90. The highest BCUT2D eigenvalue weighted by molar-refractivity contribution is 6.33. The third kappa shape index (κ3) is 1.60. The molecule has 0 saturated carbocycles. The van der Waals surface area contributed by atoms with Crippen molar-refractivity contribution < 1.29 is 14.3 Å². The highest BCUT2D eigenvalue weighted by Crippen LogP contribution is 2.25. The maximum Gasteiger partial charge on any atom is 0.338 e. The van der Waals surface area contributed by atoms with Crippen LogP contribution in [-0.2, 0) is 16.0 Å². The van der Waals surface area contributed by atoms with Crippen molar-refractivity contribution in [2.45, 2.75) is 6.42 Å². The lowest BCUT2D eigenvalue weighted by atomic mass is 9.91. The molecule has 0 atom stereocenters. The van der Waals surface area contributed by atoms with Gasteiger partial charge in [-0.15, -0.1) is 0 Å². The van der Waals surface area contributed by atoms with Gasteiger partial charge in [-0.25, -0.2) is 4.79 Å². The molecule has 0 spiro atoms. The Balaban J connectivity index is 2.56. The molecule has 1 aliphatic heterocycles. The van der Waals surface area contributed by atoms with Crippen LogP contribution in [0.2, 0.25) is 0 Å². The van der Waals surface area contributed by atoms with Crippen LogP contribution in [-0.4, -0.2) is 26.8 Å². The molecule has 0 fully saturated rings. The fourth-order valence-corrected chi connectivity index (χ4v) is 1.64. The van der Waals surface area contributed by atoms with Crippen LogP contribution in [0.3, 0.4) is 0 Å². The van der Waals surface area contributed by atoms with Crippen molar-refractivity contribution in [1.29, 1.82) is 0 Å². The summed E-state index contributed by atoms with van der Waals surface area (Å²) in [6, 6.07) is 3.15. The van der Waals surface area contributed by atoms with E-state index in [1.54, 1.807) is 6.07 Å². The number of carbonyl (C=O) groups excluding carboxylic acids is 2. The van der Waals surface area contributed by atoms with Gasteiger partial charge in [0.05, 0.1) is 19.1 Å². The van der Waals surface area contributed by atoms with Crippen molar-refractivity contribution in [3.05, 3.63) is 23.3 Å². The minimum atomic E-state index is -0.477. The summed E-state index contributed by atoms with van der Waals surface area (Å²) in [5.41, 5.74) is 2.03. The summed E-state index contributed by atoms with van der Waals surface area (Å²) in [4.78, 5) is 22.6. The lowest BCUT2D eigenvalue weighted by Gasteiger charge is -2.07. The summed E-state index contributed by atoms with van der Waals surface area (Å²) in [6.07, 6.45) is 0.194. The van der Waals surface area contributed by atoms with Crippen LogP contribution < -0.4 is 10.8 Å². The number of amides is 1. The predicted octanol–water partition coefficient (Wildman–Crippen LogP) is -0.238. The first-order valence-corrected chi connectivity index (χ1v) is 4.42. The Bertz CT molecular complexity index is 456. The van der Waals surface area contributed by atoms with Gasteiger partial charge in [0.15, 0.2) is 0 Å². The maximum atomic E-state index is 11.4. The Morgan fingerprint density at radius 2 is 2.27 bits per heavy atom. The number of carbonyl (C=O) groups is 2. The maximum absolute atomic E-state index is 11.4. The van der Waals surface area contributed by atoms with Gasteiger partial charge in [-0.2, -0.15) is 0 Å². The molecular formula is C10H8BNO3. The molecule has 1 amide bonds. The topological polar surface area (TPSA) is 55.4 Å². The summed E-state index contributed by atoms with van der Waals surface area (Å²) < 4.78 is 4.62. The van der Waals surface area contributed by atoms with Crippen molar-refractivity contribution in [3.8, 4) is 0 Å². The molecule has 1 aromatic carbocycles. The second kappa shape index (κ2) is 3.42. The Morgan fingerprint density at radius 3 is 2.93 bits per heavy atom. The van der Waals surface area contributed by atoms with E-state index in [1.165, 1.54) is 13.2 Å². The molecule has 1 aromatic rings. The minimum Gasteiger partial charge on any atom is -0.465 e. The smallest absolute Gasteiger partial charge is 0.338 e. The third-order valence-corrected chi connectivity index (χ3v) is 2.29. The molecule has 0 unspecified atom stereocenters. The molecule has 15 heavy (non-hydrogen) atoms. The molecule has 0 aromatic heterocycles. The fraction of sp³-hybridized carbons (Fsp3) is 0.200. The Morgan fingerprint density at radius 1 is 1.53 bits per heavy atom. The van der Waals surface area contributed by atoms with Crippen molar-refractivity contribution in [3.63, 3.8) is 0 Å². The third-order valence-electron chi connectivity index (χ3n) is 2.29. The fourth-order valence-electron chi connectivity index (χ4n) is 1.64. The van der Waals surface area contributed by atoms with Crippen LogP contribution in [0.15, 0.2) is 12.1 Å². The van der Waals surface area contributed by atoms with Crippen LogP contribution in [0.25, 0.3) is 0 Å². The summed E-state index contributed by atoms with van der Waals surface area (Å²) in [5.74, 6) is -0.615. The van der Waals surface area contributed by atoms with Gasteiger partial charge in [-0.1, -0.05) is 11.5 Å². The molecule has 5 heteroatoms. The van der Waals surface area contributed by atoms with Crippen LogP contribution >= 0.6 is 0 Å². The number of hydrogen-bond donors (Lipinski definition) is 1. The van der Waals surface area contributed by atoms with Gasteiger partial charge in [-0.05, 0) is 11.6 Å². The zero-order valence-electron chi connectivity index (χ0n) is 8.16. The quantitative estimate of drug-likeness (QED) is 0.504. The average Bonchev–Trinajstić information content (AvgIpc) is 2.55. The van der Waals surface area contributed by atoms with Crippen molar-refractivity contribution in [2.75, 3.05) is 12.4 Å². The van der Waals surface area contributed by atoms with E-state index in [1.807, 2.05) is 0 Å². The second-order valence-electron chi connectivity index (χ2n) is 3.31. The Kier molecular flexibility index (Phi) is 2.23. The van der Waals surface area contributed by atoms with Crippen LogP contribution in [0, 0.1) is 0 Å². The number of benzene rings is 1. The number of anilines is 1. The monoisotopic (exact) mass is 201 g/mol. The van der Waals surface area contributed by atoms with Crippen molar-refractivity contribution in [2.24, 2.45) is 0 Å². The minimum absolute atomic E-state index is 0.138. The van der Waals surface area contributed by atoms with E-state index in [0.29, 0.717) is 22.3 Å². The molecule has 1 aliphatic rings. The van der Waals surface area contributed by atoms with Crippen LogP contribution in [0.5, 0.6) is 0 Å². The first-order valence-electron chi connectivity index (χ1n) is 4.42. The molecule has 1 N–H and O–H groups in total. The number of hydrogen-bond acceptors (Lipinski definition) is 3. The molecule has 0 saturated heterocycles. The van der Waals surface area contributed by atoms with E-state index >= 15 is 0 Å². The lowest BCUT2D eigenvalue weighted by molar-refractivity contribution is -0.115.